The first-order valence-electron chi connectivity index (χ1n) is 7.23. The number of hydrogen-bond acceptors (Lipinski definition) is 3. The number of hydrogen-bond donors (Lipinski definition) is 2. The van der Waals surface area contributed by atoms with Crippen molar-refractivity contribution in [3.63, 3.8) is 0 Å². The summed E-state index contributed by atoms with van der Waals surface area (Å²) in [5, 5.41) is 11.9. The van der Waals surface area contributed by atoms with Crippen LogP contribution in [0.3, 0.4) is 0 Å². The lowest BCUT2D eigenvalue weighted by atomic mass is 10.1. The van der Waals surface area contributed by atoms with Gasteiger partial charge in [0.2, 0.25) is 5.55 Å². The number of amides is 1. The Kier molecular flexibility index (Phi) is 4.44. The standard InChI is InChI=1S/C18H15ClN2O2/c19-14-6-7-16-13(10-14)11-15(17(20)23-16)18(22)21-9-8-12-4-2-1-3-5-12/h1-7,10-11,20H,8-9H2,(H,21,22). The Morgan fingerprint density at radius 3 is 2.70 bits per heavy atom. The largest absolute Gasteiger partial charge is 0.438 e. The van der Waals surface area contributed by atoms with Gasteiger partial charge in [-0.1, -0.05) is 41.9 Å². The molecule has 23 heavy (non-hydrogen) atoms. The summed E-state index contributed by atoms with van der Waals surface area (Å²) in [4.78, 5) is 12.3. The van der Waals surface area contributed by atoms with Gasteiger partial charge in [0.15, 0.2) is 0 Å². The van der Waals surface area contributed by atoms with Crippen LogP contribution >= 0.6 is 11.6 Å². The van der Waals surface area contributed by atoms with Crippen LogP contribution in [0.4, 0.5) is 0 Å². The Morgan fingerprint density at radius 2 is 1.91 bits per heavy atom. The van der Waals surface area contributed by atoms with E-state index in [-0.39, 0.29) is 17.0 Å². The van der Waals surface area contributed by atoms with Gasteiger partial charge in [0, 0.05) is 17.0 Å². The van der Waals surface area contributed by atoms with Crippen LogP contribution in [-0.4, -0.2) is 12.5 Å². The third kappa shape index (κ3) is 3.60. The number of rotatable bonds is 4. The molecule has 1 heterocycles. The lowest BCUT2D eigenvalue weighted by molar-refractivity contribution is 0.0950. The first kappa shape index (κ1) is 15.3. The molecule has 3 aromatic rings. The summed E-state index contributed by atoms with van der Waals surface area (Å²) in [6.07, 6.45) is 0.733. The molecule has 0 fully saturated rings. The smallest absolute Gasteiger partial charge is 0.256 e. The molecule has 0 radical (unpaired) electrons. The van der Waals surface area contributed by atoms with Crippen LogP contribution in [0.25, 0.3) is 11.0 Å². The second-order valence-corrected chi connectivity index (χ2v) is 5.60. The van der Waals surface area contributed by atoms with Crippen molar-refractivity contribution in [2.75, 3.05) is 6.54 Å². The van der Waals surface area contributed by atoms with Crippen molar-refractivity contribution in [1.82, 2.24) is 5.32 Å². The predicted octanol–water partition coefficient (Wildman–Crippen LogP) is 3.54. The first-order valence-corrected chi connectivity index (χ1v) is 7.61. The van der Waals surface area contributed by atoms with Gasteiger partial charge in [0.25, 0.3) is 5.91 Å². The van der Waals surface area contributed by atoms with E-state index in [1.807, 2.05) is 30.3 Å². The molecule has 0 spiro atoms. The summed E-state index contributed by atoms with van der Waals surface area (Å²) in [6.45, 7) is 0.496. The quantitative estimate of drug-likeness (QED) is 0.770. The van der Waals surface area contributed by atoms with Crippen LogP contribution in [-0.2, 0) is 6.42 Å². The van der Waals surface area contributed by atoms with Gasteiger partial charge in [-0.3, -0.25) is 10.2 Å². The Hall–Kier alpha value is -2.59. The van der Waals surface area contributed by atoms with Gasteiger partial charge < -0.3 is 9.73 Å². The van der Waals surface area contributed by atoms with Gasteiger partial charge in [0.05, 0.1) is 0 Å². The molecule has 0 aliphatic carbocycles. The summed E-state index contributed by atoms with van der Waals surface area (Å²) in [7, 11) is 0. The van der Waals surface area contributed by atoms with Gasteiger partial charge in [-0.25, -0.2) is 0 Å². The third-order valence-electron chi connectivity index (χ3n) is 3.52. The fourth-order valence-corrected chi connectivity index (χ4v) is 2.52. The Balaban J connectivity index is 1.75. The van der Waals surface area contributed by atoms with Crippen LogP contribution in [0.15, 0.2) is 59.0 Å². The van der Waals surface area contributed by atoms with E-state index < -0.39 is 0 Å². The van der Waals surface area contributed by atoms with E-state index in [1.165, 1.54) is 0 Å². The van der Waals surface area contributed by atoms with E-state index in [9.17, 15) is 4.79 Å². The summed E-state index contributed by atoms with van der Waals surface area (Å²) in [5.74, 6) is -0.323. The third-order valence-corrected chi connectivity index (χ3v) is 3.75. The molecular formula is C18H15ClN2O2. The summed E-state index contributed by atoms with van der Waals surface area (Å²) in [6, 6.07) is 16.6. The number of fused-ring (bicyclic) bond motifs is 1. The van der Waals surface area contributed by atoms with E-state index in [1.54, 1.807) is 24.3 Å². The van der Waals surface area contributed by atoms with Crippen molar-refractivity contribution in [3.8, 4) is 0 Å². The van der Waals surface area contributed by atoms with Gasteiger partial charge in [-0.05, 0) is 36.2 Å². The number of halogens is 1. The van der Waals surface area contributed by atoms with Crippen LogP contribution < -0.4 is 10.9 Å². The molecule has 1 amide bonds. The number of nitrogens with one attached hydrogen (secondary N) is 2. The molecule has 0 saturated carbocycles. The molecular weight excluding hydrogens is 312 g/mol. The first-order chi connectivity index (χ1) is 11.1. The molecule has 0 bridgehead atoms. The maximum Gasteiger partial charge on any atom is 0.256 e. The lowest BCUT2D eigenvalue weighted by Gasteiger charge is -2.06. The summed E-state index contributed by atoms with van der Waals surface area (Å²) in [5.41, 5.74) is 1.72. The highest BCUT2D eigenvalue weighted by Gasteiger charge is 2.11. The van der Waals surface area contributed by atoms with E-state index in [2.05, 4.69) is 5.32 Å². The molecule has 0 aliphatic rings. The molecule has 0 unspecified atom stereocenters. The average Bonchev–Trinajstić information content (AvgIpc) is 2.55. The van der Waals surface area contributed by atoms with Crippen LogP contribution in [0.5, 0.6) is 0 Å². The molecule has 0 saturated heterocycles. The minimum Gasteiger partial charge on any atom is -0.438 e. The second kappa shape index (κ2) is 6.67. The number of carbonyl (C=O) groups is 1. The van der Waals surface area contributed by atoms with Crippen molar-refractivity contribution >= 4 is 28.5 Å². The highest BCUT2D eigenvalue weighted by molar-refractivity contribution is 6.31. The molecule has 0 atom stereocenters. The monoisotopic (exact) mass is 326 g/mol. The SMILES string of the molecule is N=c1oc2ccc(Cl)cc2cc1C(=O)NCCc1ccccc1. The zero-order chi connectivity index (χ0) is 16.2. The van der Waals surface area contributed by atoms with E-state index in [0.29, 0.717) is 22.5 Å². The van der Waals surface area contributed by atoms with Crippen molar-refractivity contribution in [2.24, 2.45) is 0 Å². The Bertz CT molecular complexity index is 904. The minimum atomic E-state index is -0.323. The topological polar surface area (TPSA) is 66.1 Å². The summed E-state index contributed by atoms with van der Waals surface area (Å²) >= 11 is 5.95. The van der Waals surface area contributed by atoms with E-state index >= 15 is 0 Å². The van der Waals surface area contributed by atoms with Gasteiger partial charge in [-0.15, -0.1) is 0 Å². The van der Waals surface area contributed by atoms with Crippen molar-refractivity contribution in [2.45, 2.75) is 6.42 Å². The van der Waals surface area contributed by atoms with Crippen molar-refractivity contribution in [3.05, 3.63) is 76.3 Å². The molecule has 1 aromatic heterocycles. The molecule has 3 rings (SSSR count). The van der Waals surface area contributed by atoms with Crippen LogP contribution in [0, 0.1) is 5.41 Å². The highest BCUT2D eigenvalue weighted by Crippen LogP contribution is 2.18. The zero-order valence-electron chi connectivity index (χ0n) is 12.3. The molecule has 116 valence electrons. The number of carbonyl (C=O) groups excluding carboxylic acids is 1. The Morgan fingerprint density at radius 1 is 1.13 bits per heavy atom. The maximum absolute atomic E-state index is 12.3. The fourth-order valence-electron chi connectivity index (χ4n) is 2.34. The molecule has 5 heteroatoms. The van der Waals surface area contributed by atoms with E-state index in [4.69, 9.17) is 21.4 Å². The average molecular weight is 327 g/mol. The lowest BCUT2D eigenvalue weighted by Crippen LogP contribution is -2.29. The molecule has 2 N–H and O–H groups in total. The summed E-state index contributed by atoms with van der Waals surface area (Å²) < 4.78 is 5.38. The van der Waals surface area contributed by atoms with Crippen molar-refractivity contribution < 1.29 is 9.21 Å². The molecule has 0 aliphatic heterocycles. The van der Waals surface area contributed by atoms with Gasteiger partial charge in [-0.2, -0.15) is 0 Å². The van der Waals surface area contributed by atoms with Crippen LogP contribution in [0.1, 0.15) is 15.9 Å². The van der Waals surface area contributed by atoms with Crippen molar-refractivity contribution in [1.29, 1.82) is 5.41 Å². The normalized spacial score (nSPS) is 10.7. The Labute approximate surface area is 138 Å². The van der Waals surface area contributed by atoms with Gasteiger partial charge in [0.1, 0.15) is 11.1 Å². The predicted molar refractivity (Wildman–Crippen MR) is 89.6 cm³/mol. The van der Waals surface area contributed by atoms with Gasteiger partial charge >= 0.3 is 0 Å². The van der Waals surface area contributed by atoms with Crippen LogP contribution in [0.2, 0.25) is 5.02 Å². The fraction of sp³-hybridized carbons (Fsp3) is 0.111. The zero-order valence-corrected chi connectivity index (χ0v) is 13.1. The minimum absolute atomic E-state index is 0.156. The van der Waals surface area contributed by atoms with E-state index in [0.717, 1.165) is 12.0 Å². The highest BCUT2D eigenvalue weighted by atomic mass is 35.5. The molecule has 4 nitrogen and oxygen atoms in total. The second-order valence-electron chi connectivity index (χ2n) is 5.16. The molecule has 2 aromatic carbocycles. The maximum atomic E-state index is 12.3. The number of benzene rings is 2.